The number of ether oxygens (including phenoxy) is 1. The molecule has 1 saturated carbocycles. The number of nitrogens with zero attached hydrogens (tertiary/aromatic N) is 1. The van der Waals surface area contributed by atoms with Gasteiger partial charge in [-0.25, -0.2) is 0 Å². The Morgan fingerprint density at radius 3 is 2.52 bits per heavy atom. The molecule has 21 heavy (non-hydrogen) atoms. The van der Waals surface area contributed by atoms with E-state index in [9.17, 15) is 4.79 Å². The van der Waals surface area contributed by atoms with Crippen LogP contribution >= 0.6 is 0 Å². The third kappa shape index (κ3) is 2.98. The number of hydrogen-bond acceptors (Lipinski definition) is 3. The maximum absolute atomic E-state index is 12.8. The van der Waals surface area contributed by atoms with E-state index in [1.165, 1.54) is 0 Å². The van der Waals surface area contributed by atoms with E-state index >= 15 is 0 Å². The summed E-state index contributed by atoms with van der Waals surface area (Å²) in [5.41, 5.74) is 0.0491. The van der Waals surface area contributed by atoms with Crippen molar-refractivity contribution in [2.45, 2.75) is 85.2 Å². The molecule has 1 heterocycles. The van der Waals surface area contributed by atoms with Crippen LogP contribution in [0.4, 0.5) is 0 Å². The Balaban J connectivity index is 2.10. The average molecular weight is 296 g/mol. The van der Waals surface area contributed by atoms with Crippen molar-refractivity contribution in [3.63, 3.8) is 0 Å². The van der Waals surface area contributed by atoms with Crippen LogP contribution in [-0.4, -0.2) is 41.8 Å². The van der Waals surface area contributed by atoms with Gasteiger partial charge in [-0.2, -0.15) is 0 Å². The maximum atomic E-state index is 12.8. The van der Waals surface area contributed by atoms with Crippen molar-refractivity contribution in [3.8, 4) is 0 Å². The van der Waals surface area contributed by atoms with Crippen LogP contribution in [0.2, 0.25) is 0 Å². The zero-order valence-corrected chi connectivity index (χ0v) is 14.5. The number of nitrogens with one attached hydrogen (secondary N) is 1. The van der Waals surface area contributed by atoms with Gasteiger partial charge >= 0.3 is 0 Å². The molecule has 0 aromatic rings. The molecule has 122 valence electrons. The zero-order valence-electron chi connectivity index (χ0n) is 14.5. The lowest BCUT2D eigenvalue weighted by atomic mass is 9.63. The normalized spacial score (nSPS) is 35.4. The van der Waals surface area contributed by atoms with Crippen LogP contribution in [-0.2, 0) is 9.53 Å². The van der Waals surface area contributed by atoms with Gasteiger partial charge in [-0.1, -0.05) is 34.6 Å². The van der Waals surface area contributed by atoms with Crippen molar-refractivity contribution in [1.29, 1.82) is 0 Å². The summed E-state index contributed by atoms with van der Waals surface area (Å²) in [6.07, 6.45) is 3.33. The molecular weight excluding hydrogens is 264 g/mol. The second-order valence-electron chi connectivity index (χ2n) is 7.54. The number of carbonyl (C=O) groups excluding carboxylic acids is 1. The fourth-order valence-electron chi connectivity index (χ4n) is 3.86. The molecule has 1 saturated heterocycles. The van der Waals surface area contributed by atoms with Crippen molar-refractivity contribution in [2.75, 3.05) is 6.61 Å². The Hall–Kier alpha value is -0.610. The number of rotatable bonds is 6. The van der Waals surface area contributed by atoms with E-state index in [1.54, 1.807) is 0 Å². The van der Waals surface area contributed by atoms with Crippen LogP contribution in [0.3, 0.4) is 0 Å². The SMILES string of the molecule is CCOC1CC(N2C(=O)C(CC(C)C)NC2CC)C1(C)C. The molecule has 2 rings (SSSR count). The topological polar surface area (TPSA) is 41.6 Å². The third-order valence-corrected chi connectivity index (χ3v) is 5.21. The van der Waals surface area contributed by atoms with Crippen molar-refractivity contribution >= 4 is 5.91 Å². The minimum atomic E-state index is -0.00288. The largest absolute Gasteiger partial charge is 0.378 e. The van der Waals surface area contributed by atoms with Gasteiger partial charge < -0.3 is 9.64 Å². The summed E-state index contributed by atoms with van der Waals surface area (Å²) in [6.45, 7) is 13.8. The Morgan fingerprint density at radius 1 is 1.38 bits per heavy atom. The van der Waals surface area contributed by atoms with Gasteiger partial charge in [-0.3, -0.25) is 10.1 Å². The van der Waals surface area contributed by atoms with Crippen molar-refractivity contribution in [3.05, 3.63) is 0 Å². The third-order valence-electron chi connectivity index (χ3n) is 5.21. The van der Waals surface area contributed by atoms with Gasteiger partial charge in [0, 0.05) is 18.1 Å². The molecule has 0 bridgehead atoms. The minimum Gasteiger partial charge on any atom is -0.378 e. The molecule has 0 radical (unpaired) electrons. The summed E-state index contributed by atoms with van der Waals surface area (Å²) < 4.78 is 5.82. The van der Waals surface area contributed by atoms with E-state index < -0.39 is 0 Å². The first-order valence-corrected chi connectivity index (χ1v) is 8.52. The van der Waals surface area contributed by atoms with Gasteiger partial charge in [-0.15, -0.1) is 0 Å². The average Bonchev–Trinajstić information content (AvgIpc) is 2.70. The summed E-state index contributed by atoms with van der Waals surface area (Å²) in [6, 6.07) is 0.299. The molecule has 0 aromatic carbocycles. The Morgan fingerprint density at radius 2 is 2.05 bits per heavy atom. The van der Waals surface area contributed by atoms with Gasteiger partial charge in [0.15, 0.2) is 0 Å². The summed E-state index contributed by atoms with van der Waals surface area (Å²) in [5, 5.41) is 3.54. The molecule has 0 spiro atoms. The number of carbonyl (C=O) groups is 1. The summed E-state index contributed by atoms with van der Waals surface area (Å²) in [5.74, 6) is 0.832. The second kappa shape index (κ2) is 6.25. The Labute approximate surface area is 129 Å². The van der Waals surface area contributed by atoms with E-state index in [0.717, 1.165) is 25.9 Å². The van der Waals surface area contributed by atoms with Gasteiger partial charge in [0.05, 0.1) is 18.3 Å². The van der Waals surface area contributed by atoms with Crippen molar-refractivity contribution in [1.82, 2.24) is 10.2 Å². The lowest BCUT2D eigenvalue weighted by Crippen LogP contribution is -2.64. The summed E-state index contributed by atoms with van der Waals surface area (Å²) in [4.78, 5) is 14.9. The highest BCUT2D eigenvalue weighted by atomic mass is 16.5. The minimum absolute atomic E-state index is 0.00288. The highest BCUT2D eigenvalue weighted by molar-refractivity contribution is 5.85. The monoisotopic (exact) mass is 296 g/mol. The van der Waals surface area contributed by atoms with Gasteiger partial charge in [-0.05, 0) is 32.1 Å². The predicted octanol–water partition coefficient (Wildman–Crippen LogP) is 2.77. The van der Waals surface area contributed by atoms with Crippen LogP contribution < -0.4 is 5.32 Å². The van der Waals surface area contributed by atoms with E-state index in [-0.39, 0.29) is 23.7 Å². The van der Waals surface area contributed by atoms with Crippen molar-refractivity contribution < 1.29 is 9.53 Å². The van der Waals surface area contributed by atoms with Gasteiger partial charge in [0.2, 0.25) is 5.91 Å². The molecule has 4 heteroatoms. The van der Waals surface area contributed by atoms with Crippen molar-refractivity contribution in [2.24, 2.45) is 11.3 Å². The van der Waals surface area contributed by atoms with Gasteiger partial charge in [0.1, 0.15) is 0 Å². The van der Waals surface area contributed by atoms with Crippen LogP contribution in [0.25, 0.3) is 0 Å². The number of hydrogen-bond donors (Lipinski definition) is 1. The molecular formula is C17H32N2O2. The molecule has 1 aliphatic heterocycles. The van der Waals surface area contributed by atoms with Crippen LogP contribution in [0.1, 0.15) is 60.8 Å². The lowest BCUT2D eigenvalue weighted by Gasteiger charge is -2.55. The first kappa shape index (κ1) is 16.8. The van der Waals surface area contributed by atoms with Gasteiger partial charge in [0.25, 0.3) is 0 Å². The molecule has 4 atom stereocenters. The summed E-state index contributed by atoms with van der Waals surface area (Å²) in [7, 11) is 0. The highest BCUT2D eigenvalue weighted by Gasteiger charge is 2.56. The van der Waals surface area contributed by atoms with E-state index in [1.807, 2.05) is 6.92 Å². The molecule has 4 nitrogen and oxygen atoms in total. The first-order valence-electron chi connectivity index (χ1n) is 8.52. The fraction of sp³-hybridized carbons (Fsp3) is 0.941. The molecule has 0 aromatic heterocycles. The highest BCUT2D eigenvalue weighted by Crippen LogP contribution is 2.47. The standard InChI is InChI=1S/C17H32N2O2/c1-7-15-18-12(9-11(3)4)16(20)19(15)13-10-14(21-8-2)17(13,5)6/h11-15,18H,7-10H2,1-6H3. The molecule has 2 fully saturated rings. The van der Waals surface area contributed by atoms with Crippen LogP contribution in [0.5, 0.6) is 0 Å². The maximum Gasteiger partial charge on any atom is 0.241 e. The molecule has 1 N–H and O–H groups in total. The lowest BCUT2D eigenvalue weighted by molar-refractivity contribution is -0.168. The molecule has 4 unspecified atom stereocenters. The quantitative estimate of drug-likeness (QED) is 0.819. The molecule has 1 amide bonds. The molecule has 2 aliphatic rings. The van der Waals surface area contributed by atoms with E-state index in [0.29, 0.717) is 17.9 Å². The Kier molecular flexibility index (Phi) is 4.99. The van der Waals surface area contributed by atoms with Crippen LogP contribution in [0.15, 0.2) is 0 Å². The number of amides is 1. The van der Waals surface area contributed by atoms with E-state index in [4.69, 9.17) is 4.74 Å². The smallest absolute Gasteiger partial charge is 0.241 e. The second-order valence-corrected chi connectivity index (χ2v) is 7.54. The Bertz CT molecular complexity index is 381. The fourth-order valence-corrected chi connectivity index (χ4v) is 3.86. The van der Waals surface area contributed by atoms with E-state index in [2.05, 4.69) is 44.8 Å². The van der Waals surface area contributed by atoms with Crippen LogP contribution in [0, 0.1) is 11.3 Å². The predicted molar refractivity (Wildman–Crippen MR) is 84.9 cm³/mol. The zero-order chi connectivity index (χ0) is 15.8. The summed E-state index contributed by atoms with van der Waals surface area (Å²) >= 11 is 0. The molecule has 1 aliphatic carbocycles. The first-order chi connectivity index (χ1) is 9.82.